The maximum Gasteiger partial charge on any atom is 0.419 e. The highest BCUT2D eigenvalue weighted by atomic mass is 19.4. The molecule has 0 fully saturated rings. The first-order chi connectivity index (χ1) is 7.95. The van der Waals surface area contributed by atoms with Gasteiger partial charge in [0.1, 0.15) is 5.82 Å². The molecule has 1 heterocycles. The number of halogens is 3. The van der Waals surface area contributed by atoms with Gasteiger partial charge in [-0.15, -0.1) is 0 Å². The van der Waals surface area contributed by atoms with Crippen molar-refractivity contribution < 1.29 is 17.9 Å². The van der Waals surface area contributed by atoms with Crippen LogP contribution in [-0.4, -0.2) is 25.2 Å². The number of pyridine rings is 1. The molecule has 1 aromatic rings. The summed E-state index contributed by atoms with van der Waals surface area (Å²) in [6, 6.07) is 2.28. The largest absolute Gasteiger partial charge is 0.419 e. The van der Waals surface area contributed by atoms with Crippen LogP contribution in [0.1, 0.15) is 12.5 Å². The van der Waals surface area contributed by atoms with E-state index in [1.165, 1.54) is 12.3 Å². The number of nitrogens with one attached hydrogen (secondary N) is 1. The summed E-state index contributed by atoms with van der Waals surface area (Å²) in [5.41, 5.74) is -0.746. The zero-order valence-corrected chi connectivity index (χ0v) is 9.71. The lowest BCUT2D eigenvalue weighted by Crippen LogP contribution is -2.19. The number of aromatic nitrogens is 1. The molecule has 0 saturated carbocycles. The summed E-state index contributed by atoms with van der Waals surface area (Å²) in [5.74, 6) is -0.0222. The molecular formula is C11H15F3N2O. The van der Waals surface area contributed by atoms with Crippen molar-refractivity contribution in [2.75, 3.05) is 25.6 Å². The van der Waals surface area contributed by atoms with Crippen LogP contribution in [0.4, 0.5) is 19.0 Å². The van der Waals surface area contributed by atoms with Gasteiger partial charge in [-0.3, -0.25) is 0 Å². The normalized spacial score (nSPS) is 13.5. The van der Waals surface area contributed by atoms with Crippen LogP contribution < -0.4 is 5.32 Å². The van der Waals surface area contributed by atoms with Crippen LogP contribution in [0.25, 0.3) is 0 Å². The van der Waals surface area contributed by atoms with Crippen molar-refractivity contribution in [2.45, 2.75) is 13.1 Å². The van der Waals surface area contributed by atoms with Gasteiger partial charge in [-0.25, -0.2) is 4.98 Å². The van der Waals surface area contributed by atoms with Gasteiger partial charge in [-0.2, -0.15) is 13.2 Å². The molecule has 0 aromatic carbocycles. The van der Waals surface area contributed by atoms with Gasteiger partial charge in [0.15, 0.2) is 0 Å². The van der Waals surface area contributed by atoms with Crippen molar-refractivity contribution in [1.82, 2.24) is 4.98 Å². The second kappa shape index (κ2) is 5.86. The molecule has 0 spiro atoms. The Kier molecular flexibility index (Phi) is 4.74. The van der Waals surface area contributed by atoms with Gasteiger partial charge in [0.25, 0.3) is 0 Å². The van der Waals surface area contributed by atoms with Gasteiger partial charge in [-0.1, -0.05) is 6.92 Å². The van der Waals surface area contributed by atoms with E-state index in [1.807, 2.05) is 6.92 Å². The molecule has 17 heavy (non-hydrogen) atoms. The van der Waals surface area contributed by atoms with Crippen molar-refractivity contribution >= 4 is 5.82 Å². The number of hydrogen-bond donors (Lipinski definition) is 1. The van der Waals surface area contributed by atoms with Crippen LogP contribution in [0, 0.1) is 5.92 Å². The van der Waals surface area contributed by atoms with Crippen LogP contribution in [0.2, 0.25) is 0 Å². The van der Waals surface area contributed by atoms with E-state index in [0.29, 0.717) is 13.2 Å². The topological polar surface area (TPSA) is 34.1 Å². The average molecular weight is 248 g/mol. The van der Waals surface area contributed by atoms with Crippen molar-refractivity contribution in [3.8, 4) is 0 Å². The zero-order valence-electron chi connectivity index (χ0n) is 9.71. The van der Waals surface area contributed by atoms with Gasteiger partial charge in [0.05, 0.1) is 12.2 Å². The summed E-state index contributed by atoms with van der Waals surface area (Å²) in [7, 11) is 1.55. The monoisotopic (exact) mass is 248 g/mol. The number of methoxy groups -OCH3 is 1. The molecule has 0 radical (unpaired) electrons. The number of anilines is 1. The summed E-state index contributed by atoms with van der Waals surface area (Å²) in [4.78, 5) is 3.71. The van der Waals surface area contributed by atoms with E-state index >= 15 is 0 Å². The molecule has 0 bridgehead atoms. The first-order valence-corrected chi connectivity index (χ1v) is 5.20. The zero-order chi connectivity index (χ0) is 12.9. The van der Waals surface area contributed by atoms with E-state index in [9.17, 15) is 13.2 Å². The highest BCUT2D eigenvalue weighted by molar-refractivity contribution is 5.45. The Morgan fingerprint density at radius 3 is 2.76 bits per heavy atom. The Hall–Kier alpha value is -1.30. The summed E-state index contributed by atoms with van der Waals surface area (Å²) in [6.07, 6.45) is -3.06. The van der Waals surface area contributed by atoms with Crippen molar-refractivity contribution in [2.24, 2.45) is 5.92 Å². The van der Waals surface area contributed by atoms with E-state index in [4.69, 9.17) is 4.74 Å². The number of nitrogens with zero attached hydrogens (tertiary/aromatic N) is 1. The molecule has 96 valence electrons. The average Bonchev–Trinajstić information content (AvgIpc) is 2.26. The van der Waals surface area contributed by atoms with Crippen molar-refractivity contribution in [3.63, 3.8) is 0 Å². The predicted octanol–water partition coefficient (Wildman–Crippen LogP) is 2.79. The second-order valence-electron chi connectivity index (χ2n) is 3.84. The molecule has 1 N–H and O–H groups in total. The van der Waals surface area contributed by atoms with Crippen LogP contribution in [0.5, 0.6) is 0 Å². The molecule has 0 aliphatic heterocycles. The van der Waals surface area contributed by atoms with Crippen molar-refractivity contribution in [3.05, 3.63) is 23.9 Å². The third-order valence-electron chi connectivity index (χ3n) is 2.18. The van der Waals surface area contributed by atoms with Gasteiger partial charge >= 0.3 is 6.18 Å². The van der Waals surface area contributed by atoms with Gasteiger partial charge in [0.2, 0.25) is 0 Å². The van der Waals surface area contributed by atoms with E-state index < -0.39 is 11.7 Å². The maximum absolute atomic E-state index is 12.6. The molecule has 1 rings (SSSR count). The fourth-order valence-corrected chi connectivity index (χ4v) is 1.39. The minimum absolute atomic E-state index is 0.114. The predicted molar refractivity (Wildman–Crippen MR) is 58.8 cm³/mol. The number of ether oxygens (including phenoxy) is 1. The van der Waals surface area contributed by atoms with Gasteiger partial charge in [0, 0.05) is 19.9 Å². The SMILES string of the molecule is COCC(C)CNc1ncccc1C(F)(F)F. The lowest BCUT2D eigenvalue weighted by Gasteiger charge is -2.15. The number of alkyl halides is 3. The summed E-state index contributed by atoms with van der Waals surface area (Å²) < 4.78 is 42.8. The highest BCUT2D eigenvalue weighted by Crippen LogP contribution is 2.33. The highest BCUT2D eigenvalue weighted by Gasteiger charge is 2.33. The Morgan fingerprint density at radius 2 is 2.18 bits per heavy atom. The molecule has 3 nitrogen and oxygen atoms in total. The van der Waals surface area contributed by atoms with Gasteiger partial charge in [-0.05, 0) is 18.1 Å². The molecule has 0 saturated heterocycles. The van der Waals surface area contributed by atoms with Crippen LogP contribution in [0.3, 0.4) is 0 Å². The molecule has 6 heteroatoms. The minimum Gasteiger partial charge on any atom is -0.384 e. The first-order valence-electron chi connectivity index (χ1n) is 5.20. The van der Waals surface area contributed by atoms with Crippen molar-refractivity contribution in [1.29, 1.82) is 0 Å². The fraction of sp³-hybridized carbons (Fsp3) is 0.545. The van der Waals surface area contributed by atoms with Crippen LogP contribution >= 0.6 is 0 Å². The molecule has 1 aromatic heterocycles. The molecule has 0 aliphatic rings. The molecule has 1 atom stereocenters. The summed E-state index contributed by atoms with van der Waals surface area (Å²) >= 11 is 0. The Labute approximate surface area is 98.0 Å². The quantitative estimate of drug-likeness (QED) is 0.870. The van der Waals surface area contributed by atoms with Crippen LogP contribution in [0.15, 0.2) is 18.3 Å². The third kappa shape index (κ3) is 4.22. The van der Waals surface area contributed by atoms with E-state index in [0.717, 1.165) is 6.07 Å². The minimum atomic E-state index is -4.39. The fourth-order valence-electron chi connectivity index (χ4n) is 1.39. The third-order valence-corrected chi connectivity index (χ3v) is 2.18. The Morgan fingerprint density at radius 1 is 1.47 bits per heavy atom. The standard InChI is InChI=1S/C11H15F3N2O/c1-8(7-17-2)6-16-10-9(11(12,13)14)4-3-5-15-10/h3-5,8H,6-7H2,1-2H3,(H,15,16). The van der Waals surface area contributed by atoms with E-state index in [-0.39, 0.29) is 11.7 Å². The maximum atomic E-state index is 12.6. The number of hydrogen-bond acceptors (Lipinski definition) is 3. The molecular weight excluding hydrogens is 233 g/mol. The lowest BCUT2D eigenvalue weighted by molar-refractivity contribution is -0.137. The van der Waals surface area contributed by atoms with E-state index in [1.54, 1.807) is 7.11 Å². The Bertz CT molecular complexity index is 355. The van der Waals surface area contributed by atoms with Crippen LogP contribution in [-0.2, 0) is 10.9 Å². The smallest absolute Gasteiger partial charge is 0.384 e. The number of rotatable bonds is 5. The molecule has 1 unspecified atom stereocenters. The lowest BCUT2D eigenvalue weighted by atomic mass is 10.2. The summed E-state index contributed by atoms with van der Waals surface area (Å²) in [6.45, 7) is 2.75. The first kappa shape index (κ1) is 13.8. The molecule has 0 amide bonds. The van der Waals surface area contributed by atoms with E-state index in [2.05, 4.69) is 10.3 Å². The second-order valence-corrected chi connectivity index (χ2v) is 3.84. The molecule has 0 aliphatic carbocycles. The Balaban J connectivity index is 2.71. The summed E-state index contributed by atoms with van der Waals surface area (Å²) in [5, 5.41) is 2.69. The van der Waals surface area contributed by atoms with Gasteiger partial charge < -0.3 is 10.1 Å².